The van der Waals surface area contributed by atoms with E-state index in [2.05, 4.69) is 64.1 Å². The summed E-state index contributed by atoms with van der Waals surface area (Å²) in [5, 5.41) is 9.59. The second-order valence-corrected chi connectivity index (χ2v) is 8.32. The van der Waals surface area contributed by atoms with E-state index in [1.165, 1.54) is 11.1 Å². The van der Waals surface area contributed by atoms with E-state index in [1.54, 1.807) is 18.2 Å². The highest BCUT2D eigenvalue weighted by atomic mass is 16.5. The van der Waals surface area contributed by atoms with Crippen LogP contribution in [-0.4, -0.2) is 26.7 Å². The topological polar surface area (TPSA) is 68.1 Å². The van der Waals surface area contributed by atoms with Crippen molar-refractivity contribution >= 4 is 0 Å². The third kappa shape index (κ3) is 5.55. The van der Waals surface area contributed by atoms with Crippen LogP contribution in [0.5, 0.6) is 11.5 Å². The number of aromatic hydroxyl groups is 1. The molecule has 5 heteroatoms. The number of ether oxygens (including phenoxy) is 1. The normalized spacial score (nSPS) is 10.9. The predicted molar refractivity (Wildman–Crippen MR) is 131 cm³/mol. The molecule has 0 bridgehead atoms. The Morgan fingerprint density at radius 3 is 1.91 bits per heavy atom. The Balaban J connectivity index is 1.62. The Kier molecular flexibility index (Phi) is 6.68. The van der Waals surface area contributed by atoms with Crippen LogP contribution in [0.4, 0.5) is 0 Å². The molecule has 3 aromatic carbocycles. The molecule has 4 aromatic rings. The highest BCUT2D eigenvalue weighted by molar-refractivity contribution is 5.66. The molecule has 0 saturated heterocycles. The Morgan fingerprint density at radius 1 is 0.758 bits per heavy atom. The van der Waals surface area contributed by atoms with Crippen molar-refractivity contribution in [3.8, 4) is 34.3 Å². The average Bonchev–Trinajstić information content (AvgIpc) is 2.76. The van der Waals surface area contributed by atoms with E-state index in [0.717, 1.165) is 22.3 Å². The minimum atomic E-state index is 0.185. The number of phenols is 1. The van der Waals surface area contributed by atoms with E-state index in [0.29, 0.717) is 36.3 Å². The number of phenolic OH excluding ortho intramolecular Hbond substituents is 1. The quantitative estimate of drug-likeness (QED) is 0.350. The first kappa shape index (κ1) is 22.5. The van der Waals surface area contributed by atoms with E-state index in [9.17, 15) is 5.11 Å². The first-order chi connectivity index (χ1) is 15.9. The Morgan fingerprint density at radius 2 is 1.36 bits per heavy atom. The third-order valence-corrected chi connectivity index (χ3v) is 5.43. The monoisotopic (exact) mass is 438 g/mol. The molecule has 4 rings (SSSR count). The van der Waals surface area contributed by atoms with Gasteiger partial charge in [-0.1, -0.05) is 53.6 Å². The molecule has 1 heterocycles. The maximum atomic E-state index is 9.59. The highest BCUT2D eigenvalue weighted by Gasteiger charge is 2.14. The van der Waals surface area contributed by atoms with Gasteiger partial charge in [-0.05, 0) is 57.4 Å². The number of nitrogens with zero attached hydrogens (tertiary/aromatic N) is 3. The molecule has 5 nitrogen and oxygen atoms in total. The van der Waals surface area contributed by atoms with Crippen LogP contribution in [0.2, 0.25) is 0 Å². The van der Waals surface area contributed by atoms with Crippen molar-refractivity contribution < 1.29 is 9.84 Å². The summed E-state index contributed by atoms with van der Waals surface area (Å²) in [4.78, 5) is 14.3. The summed E-state index contributed by atoms with van der Waals surface area (Å²) in [6.07, 6.45) is 2.59. The standard InChI is InChI=1S/C28H28N3O2/c1-18-10-12-24(20(3)15-18)27-29-26(9-6-14-33-23-8-5-7-22(32)17-23)30-28(31-27)25-13-11-19(2)16-21(25)4/h5,7-13,15-17,32H,6,14H2,1-4H3. The highest BCUT2D eigenvalue weighted by Crippen LogP contribution is 2.26. The molecule has 0 aliphatic carbocycles. The van der Waals surface area contributed by atoms with Gasteiger partial charge in [0.2, 0.25) is 0 Å². The summed E-state index contributed by atoms with van der Waals surface area (Å²) >= 11 is 0. The van der Waals surface area contributed by atoms with Gasteiger partial charge in [0.25, 0.3) is 0 Å². The lowest BCUT2D eigenvalue weighted by atomic mass is 10.0. The number of aromatic nitrogens is 3. The van der Waals surface area contributed by atoms with Gasteiger partial charge in [-0.15, -0.1) is 0 Å². The molecule has 0 atom stereocenters. The van der Waals surface area contributed by atoms with Crippen molar-refractivity contribution in [3.63, 3.8) is 0 Å². The summed E-state index contributed by atoms with van der Waals surface area (Å²) in [7, 11) is 0. The maximum absolute atomic E-state index is 9.59. The molecule has 0 aliphatic rings. The minimum absolute atomic E-state index is 0.185. The van der Waals surface area contributed by atoms with Gasteiger partial charge in [0.05, 0.1) is 6.61 Å². The van der Waals surface area contributed by atoms with Crippen LogP contribution in [0.3, 0.4) is 0 Å². The number of rotatable bonds is 7. The zero-order valence-electron chi connectivity index (χ0n) is 19.5. The zero-order valence-corrected chi connectivity index (χ0v) is 19.5. The molecular weight excluding hydrogens is 410 g/mol. The van der Waals surface area contributed by atoms with Crippen LogP contribution in [0.15, 0.2) is 60.7 Å². The fourth-order valence-corrected chi connectivity index (χ4v) is 3.79. The van der Waals surface area contributed by atoms with Crippen molar-refractivity contribution in [1.82, 2.24) is 15.0 Å². The van der Waals surface area contributed by atoms with Crippen molar-refractivity contribution in [2.75, 3.05) is 6.61 Å². The van der Waals surface area contributed by atoms with Crippen LogP contribution in [0, 0.1) is 34.1 Å². The van der Waals surface area contributed by atoms with Crippen molar-refractivity contribution in [2.45, 2.75) is 34.1 Å². The molecule has 1 radical (unpaired) electrons. The summed E-state index contributed by atoms with van der Waals surface area (Å²) in [5.41, 5.74) is 6.67. The van der Waals surface area contributed by atoms with Gasteiger partial charge < -0.3 is 9.84 Å². The molecule has 0 unspecified atom stereocenters. The van der Waals surface area contributed by atoms with Crippen molar-refractivity contribution in [1.29, 1.82) is 0 Å². The smallest absolute Gasteiger partial charge is 0.163 e. The lowest BCUT2D eigenvalue weighted by Crippen LogP contribution is -2.06. The van der Waals surface area contributed by atoms with Crippen molar-refractivity contribution in [2.24, 2.45) is 0 Å². The average molecular weight is 439 g/mol. The number of hydrogen-bond donors (Lipinski definition) is 1. The summed E-state index contributed by atoms with van der Waals surface area (Å²) in [6, 6.07) is 19.4. The van der Waals surface area contributed by atoms with Crippen LogP contribution >= 0.6 is 0 Å². The van der Waals surface area contributed by atoms with E-state index in [-0.39, 0.29) is 5.75 Å². The maximum Gasteiger partial charge on any atom is 0.163 e. The molecule has 1 N–H and O–H groups in total. The second-order valence-electron chi connectivity index (χ2n) is 8.32. The van der Waals surface area contributed by atoms with E-state index >= 15 is 0 Å². The molecule has 0 saturated carbocycles. The Bertz CT molecular complexity index is 1210. The first-order valence-corrected chi connectivity index (χ1v) is 11.1. The number of benzene rings is 3. The van der Waals surface area contributed by atoms with Crippen LogP contribution in [-0.2, 0) is 0 Å². The van der Waals surface area contributed by atoms with Crippen molar-refractivity contribution in [3.05, 3.63) is 95.2 Å². The first-order valence-electron chi connectivity index (χ1n) is 11.1. The molecular formula is C28H28N3O2. The third-order valence-electron chi connectivity index (χ3n) is 5.43. The second kappa shape index (κ2) is 9.82. The lowest BCUT2D eigenvalue weighted by Gasteiger charge is -2.12. The van der Waals surface area contributed by atoms with Crippen LogP contribution in [0.25, 0.3) is 22.8 Å². The van der Waals surface area contributed by atoms with E-state index < -0.39 is 0 Å². The van der Waals surface area contributed by atoms with Crippen LogP contribution in [0.1, 0.15) is 34.5 Å². The van der Waals surface area contributed by atoms with Gasteiger partial charge in [-0.3, -0.25) is 0 Å². The van der Waals surface area contributed by atoms with Gasteiger partial charge >= 0.3 is 0 Å². The van der Waals surface area contributed by atoms with Gasteiger partial charge in [0.1, 0.15) is 17.3 Å². The van der Waals surface area contributed by atoms with Gasteiger partial charge in [0, 0.05) is 23.6 Å². The predicted octanol–water partition coefficient (Wildman–Crippen LogP) is 6.17. The van der Waals surface area contributed by atoms with Gasteiger partial charge in [-0.2, -0.15) is 0 Å². The van der Waals surface area contributed by atoms with Crippen LogP contribution < -0.4 is 4.74 Å². The molecule has 33 heavy (non-hydrogen) atoms. The molecule has 1 aromatic heterocycles. The molecule has 167 valence electrons. The fraction of sp³-hybridized carbons (Fsp3) is 0.214. The molecule has 0 aliphatic heterocycles. The SMILES string of the molecule is Cc1ccc(-c2nc([CH]CCOc3cccc(O)c3)nc(-c3ccc(C)cc3C)n2)c(C)c1. The number of hydrogen-bond acceptors (Lipinski definition) is 5. The minimum Gasteiger partial charge on any atom is -0.508 e. The Labute approximate surface area is 195 Å². The fourth-order valence-electron chi connectivity index (χ4n) is 3.79. The summed E-state index contributed by atoms with van der Waals surface area (Å²) < 4.78 is 5.74. The van der Waals surface area contributed by atoms with Gasteiger partial charge in [-0.25, -0.2) is 15.0 Å². The molecule has 0 fully saturated rings. The summed E-state index contributed by atoms with van der Waals surface area (Å²) in [5.74, 6) is 2.76. The van der Waals surface area contributed by atoms with E-state index in [4.69, 9.17) is 19.7 Å². The molecule has 0 spiro atoms. The lowest BCUT2D eigenvalue weighted by molar-refractivity contribution is 0.319. The summed E-state index contributed by atoms with van der Waals surface area (Å²) in [6.45, 7) is 8.77. The largest absolute Gasteiger partial charge is 0.508 e. The van der Waals surface area contributed by atoms with E-state index in [1.807, 2.05) is 12.5 Å². The Hall–Kier alpha value is -3.73. The number of aryl methyl sites for hydroxylation is 4. The molecule has 0 amide bonds. The van der Waals surface area contributed by atoms with Gasteiger partial charge in [0.15, 0.2) is 11.6 Å². The zero-order chi connectivity index (χ0) is 23.4.